The van der Waals surface area contributed by atoms with Crippen molar-refractivity contribution in [1.29, 1.82) is 0 Å². The van der Waals surface area contributed by atoms with Gasteiger partial charge in [0.2, 0.25) is 0 Å². The van der Waals surface area contributed by atoms with E-state index in [1.165, 1.54) is 0 Å². The van der Waals surface area contributed by atoms with Gasteiger partial charge >= 0.3 is 5.97 Å². The van der Waals surface area contributed by atoms with Gasteiger partial charge in [0, 0.05) is 25.4 Å². The number of carboxylic acid groups (broad SMARTS) is 1. The maximum absolute atomic E-state index is 11.1. The molecule has 1 atom stereocenters. The van der Waals surface area contributed by atoms with E-state index in [0.29, 0.717) is 19.5 Å². The third-order valence-electron chi connectivity index (χ3n) is 2.94. The Morgan fingerprint density at radius 3 is 2.88 bits per heavy atom. The molecule has 0 aromatic heterocycles. The van der Waals surface area contributed by atoms with Gasteiger partial charge < -0.3 is 15.1 Å². The van der Waals surface area contributed by atoms with Gasteiger partial charge in [-0.15, -0.1) is 0 Å². The van der Waals surface area contributed by atoms with Crippen LogP contribution in [-0.2, 0) is 4.79 Å². The minimum atomic E-state index is -0.779. The molecule has 0 fully saturated rings. The Morgan fingerprint density at radius 1 is 1.44 bits per heavy atom. The normalized spacial score (nSPS) is 18.6. The predicted octanol–water partition coefficient (Wildman–Crippen LogP) is 1.06. The van der Waals surface area contributed by atoms with Crippen LogP contribution < -0.4 is 4.90 Å². The Morgan fingerprint density at radius 2 is 2.19 bits per heavy atom. The van der Waals surface area contributed by atoms with Crippen molar-refractivity contribution in [2.24, 2.45) is 0 Å². The molecule has 2 rings (SSSR count). The molecule has 1 aromatic rings. The highest BCUT2D eigenvalue weighted by atomic mass is 16.4. The van der Waals surface area contributed by atoms with Gasteiger partial charge in [0.05, 0.1) is 0 Å². The predicted molar refractivity (Wildman–Crippen MR) is 60.7 cm³/mol. The van der Waals surface area contributed by atoms with Gasteiger partial charge in [-0.2, -0.15) is 0 Å². The largest absolute Gasteiger partial charge is 0.481 e. The summed E-state index contributed by atoms with van der Waals surface area (Å²) in [7, 11) is 0. The van der Waals surface area contributed by atoms with Crippen molar-refractivity contribution < 1.29 is 15.0 Å². The maximum Gasteiger partial charge on any atom is 0.312 e. The molecular formula is C12H15NO3. The standard InChI is InChI=1S/C12H15NO3/c14-7-3-6-13-8-10(12(15)16)9-4-1-2-5-11(9)13/h1-2,4-5,10,14H,3,6-8H2,(H,15,16). The minimum absolute atomic E-state index is 0.135. The van der Waals surface area contributed by atoms with Crippen molar-refractivity contribution in [2.75, 3.05) is 24.6 Å². The first-order chi connectivity index (χ1) is 7.74. The maximum atomic E-state index is 11.1. The number of fused-ring (bicyclic) bond motifs is 1. The molecule has 0 saturated carbocycles. The van der Waals surface area contributed by atoms with Crippen molar-refractivity contribution in [3.05, 3.63) is 29.8 Å². The summed E-state index contributed by atoms with van der Waals surface area (Å²) < 4.78 is 0. The van der Waals surface area contributed by atoms with E-state index in [0.717, 1.165) is 11.3 Å². The Balaban J connectivity index is 2.24. The number of benzene rings is 1. The van der Waals surface area contributed by atoms with Crippen LogP contribution in [0.1, 0.15) is 17.9 Å². The topological polar surface area (TPSA) is 60.8 Å². The zero-order chi connectivity index (χ0) is 11.5. The molecule has 2 N–H and O–H groups in total. The Bertz CT molecular complexity index is 392. The van der Waals surface area contributed by atoms with Crippen molar-refractivity contribution >= 4 is 11.7 Å². The van der Waals surface area contributed by atoms with Crippen LogP contribution in [0.5, 0.6) is 0 Å². The average molecular weight is 221 g/mol. The zero-order valence-electron chi connectivity index (χ0n) is 8.97. The lowest BCUT2D eigenvalue weighted by Crippen LogP contribution is -2.26. The summed E-state index contributed by atoms with van der Waals surface area (Å²) in [6.07, 6.45) is 0.667. The van der Waals surface area contributed by atoms with Gasteiger partial charge in [-0.25, -0.2) is 0 Å². The molecular weight excluding hydrogens is 206 g/mol. The van der Waals surface area contributed by atoms with Crippen LogP contribution in [0.3, 0.4) is 0 Å². The second-order valence-electron chi connectivity index (χ2n) is 3.97. The van der Waals surface area contributed by atoms with E-state index in [-0.39, 0.29) is 6.61 Å². The number of hydrogen-bond donors (Lipinski definition) is 2. The minimum Gasteiger partial charge on any atom is -0.481 e. The number of aliphatic hydroxyl groups excluding tert-OH is 1. The zero-order valence-corrected chi connectivity index (χ0v) is 8.97. The van der Waals surface area contributed by atoms with Crippen molar-refractivity contribution in [3.63, 3.8) is 0 Å². The van der Waals surface area contributed by atoms with Crippen LogP contribution in [0.2, 0.25) is 0 Å². The molecule has 16 heavy (non-hydrogen) atoms. The average Bonchev–Trinajstić information content (AvgIpc) is 2.65. The molecule has 1 aromatic carbocycles. The van der Waals surface area contributed by atoms with Crippen LogP contribution in [0.4, 0.5) is 5.69 Å². The quantitative estimate of drug-likeness (QED) is 0.798. The second-order valence-corrected chi connectivity index (χ2v) is 3.97. The van der Waals surface area contributed by atoms with Gasteiger partial charge in [-0.1, -0.05) is 18.2 Å². The van der Waals surface area contributed by atoms with Crippen LogP contribution >= 0.6 is 0 Å². The van der Waals surface area contributed by atoms with Crippen LogP contribution in [0, 0.1) is 0 Å². The molecule has 0 saturated heterocycles. The van der Waals surface area contributed by atoms with E-state index in [1.807, 2.05) is 29.2 Å². The second kappa shape index (κ2) is 4.53. The molecule has 1 unspecified atom stereocenters. The number of aliphatic carboxylic acids is 1. The SMILES string of the molecule is O=C(O)C1CN(CCCO)c2ccccc21. The highest BCUT2D eigenvalue weighted by molar-refractivity contribution is 5.82. The number of carboxylic acids is 1. The lowest BCUT2D eigenvalue weighted by molar-refractivity contribution is -0.138. The summed E-state index contributed by atoms with van der Waals surface area (Å²) in [5, 5.41) is 17.9. The summed E-state index contributed by atoms with van der Waals surface area (Å²) in [6.45, 7) is 1.35. The molecule has 0 bridgehead atoms. The van der Waals surface area contributed by atoms with Crippen LogP contribution in [0.25, 0.3) is 0 Å². The van der Waals surface area contributed by atoms with Crippen molar-refractivity contribution in [3.8, 4) is 0 Å². The fourth-order valence-electron chi connectivity index (χ4n) is 2.17. The molecule has 1 aliphatic heterocycles. The highest BCUT2D eigenvalue weighted by Crippen LogP contribution is 2.35. The van der Waals surface area contributed by atoms with E-state index >= 15 is 0 Å². The van der Waals surface area contributed by atoms with Gasteiger partial charge in [0.15, 0.2) is 0 Å². The highest BCUT2D eigenvalue weighted by Gasteiger charge is 2.32. The third kappa shape index (κ3) is 1.88. The summed E-state index contributed by atoms with van der Waals surface area (Å²) in [6, 6.07) is 7.59. The van der Waals surface area contributed by atoms with Gasteiger partial charge in [-0.3, -0.25) is 4.79 Å². The van der Waals surface area contributed by atoms with E-state index in [2.05, 4.69) is 0 Å². The number of hydrogen-bond acceptors (Lipinski definition) is 3. The first kappa shape index (κ1) is 11.0. The molecule has 86 valence electrons. The molecule has 0 aliphatic carbocycles. The Hall–Kier alpha value is -1.55. The third-order valence-corrected chi connectivity index (χ3v) is 2.94. The Kier molecular flexibility index (Phi) is 3.10. The first-order valence-electron chi connectivity index (χ1n) is 5.41. The number of para-hydroxylation sites is 1. The fraction of sp³-hybridized carbons (Fsp3) is 0.417. The van der Waals surface area contributed by atoms with Gasteiger partial charge in [0.1, 0.15) is 5.92 Å². The number of anilines is 1. The summed E-state index contributed by atoms with van der Waals surface area (Å²) >= 11 is 0. The molecule has 0 spiro atoms. The lowest BCUT2D eigenvalue weighted by atomic mass is 10.0. The number of aliphatic hydroxyl groups is 1. The van der Waals surface area contributed by atoms with E-state index in [1.54, 1.807) is 0 Å². The molecule has 4 nitrogen and oxygen atoms in total. The van der Waals surface area contributed by atoms with Gasteiger partial charge in [0.25, 0.3) is 0 Å². The first-order valence-corrected chi connectivity index (χ1v) is 5.41. The molecule has 0 amide bonds. The fourth-order valence-corrected chi connectivity index (χ4v) is 2.17. The smallest absolute Gasteiger partial charge is 0.312 e. The molecule has 1 heterocycles. The van der Waals surface area contributed by atoms with Crippen LogP contribution in [-0.4, -0.2) is 35.9 Å². The molecule has 4 heteroatoms. The number of nitrogens with zero attached hydrogens (tertiary/aromatic N) is 1. The monoisotopic (exact) mass is 221 g/mol. The van der Waals surface area contributed by atoms with E-state index < -0.39 is 11.9 Å². The number of rotatable bonds is 4. The molecule has 0 radical (unpaired) electrons. The lowest BCUT2D eigenvalue weighted by Gasteiger charge is -2.18. The van der Waals surface area contributed by atoms with Crippen molar-refractivity contribution in [2.45, 2.75) is 12.3 Å². The van der Waals surface area contributed by atoms with E-state index in [9.17, 15) is 4.79 Å². The van der Waals surface area contributed by atoms with Crippen LogP contribution in [0.15, 0.2) is 24.3 Å². The number of carbonyl (C=O) groups is 1. The van der Waals surface area contributed by atoms with Gasteiger partial charge in [-0.05, 0) is 18.1 Å². The summed E-state index contributed by atoms with van der Waals surface area (Å²) in [4.78, 5) is 13.1. The Labute approximate surface area is 94.1 Å². The summed E-state index contributed by atoms with van der Waals surface area (Å²) in [5.74, 6) is -1.21. The van der Waals surface area contributed by atoms with Crippen molar-refractivity contribution in [1.82, 2.24) is 0 Å². The molecule has 1 aliphatic rings. The summed E-state index contributed by atoms with van der Waals surface area (Å²) in [5.41, 5.74) is 1.87. The van der Waals surface area contributed by atoms with E-state index in [4.69, 9.17) is 10.2 Å².